The van der Waals surface area contributed by atoms with Gasteiger partial charge in [-0.1, -0.05) is 42.5 Å². The molecule has 2 N–H and O–H groups in total. The monoisotopic (exact) mass is 360 g/mol. The third kappa shape index (κ3) is 2.71. The predicted octanol–water partition coefficient (Wildman–Crippen LogP) is 2.35. The highest BCUT2D eigenvalue weighted by Crippen LogP contribution is 2.44. The molecule has 0 aliphatic carbocycles. The molecule has 1 fully saturated rings. The van der Waals surface area contributed by atoms with E-state index in [0.717, 1.165) is 43.7 Å². The number of tetrazole rings is 1. The molecule has 5 rings (SSSR count). The van der Waals surface area contributed by atoms with Gasteiger partial charge in [0.15, 0.2) is 0 Å². The lowest BCUT2D eigenvalue weighted by molar-refractivity contribution is -0.122. The van der Waals surface area contributed by atoms with E-state index in [-0.39, 0.29) is 11.3 Å². The minimum absolute atomic E-state index is 0.160. The van der Waals surface area contributed by atoms with Crippen LogP contribution >= 0.6 is 0 Å². The van der Waals surface area contributed by atoms with Crippen molar-refractivity contribution >= 4 is 11.6 Å². The molecule has 1 saturated heterocycles. The second-order valence-electron chi connectivity index (χ2n) is 7.29. The van der Waals surface area contributed by atoms with Gasteiger partial charge in [-0.25, -0.2) is 0 Å². The first-order chi connectivity index (χ1) is 13.2. The zero-order chi connectivity index (χ0) is 18.3. The number of carbonyl (C=O) groups excluding carboxylic acids is 1. The first-order valence-corrected chi connectivity index (χ1v) is 9.21. The standard InChI is InChI=1S/C20H20N6O/c27-19-20(16-3-1-2-4-17(16)21-19)9-11-26(12-10-20)13-14-5-7-15(8-6-14)18-22-24-25-23-18/h1-8H,9-13H2,(H,21,27)(H,22,23,24,25). The summed E-state index contributed by atoms with van der Waals surface area (Å²) in [6.07, 6.45) is 1.72. The molecule has 0 radical (unpaired) electrons. The Hall–Kier alpha value is -3.06. The van der Waals surface area contributed by atoms with Crippen molar-refractivity contribution in [3.05, 3.63) is 59.7 Å². The molecule has 0 unspecified atom stereocenters. The Kier molecular flexibility index (Phi) is 3.75. The maximum atomic E-state index is 12.7. The third-order valence-corrected chi connectivity index (χ3v) is 5.80. The fourth-order valence-corrected chi connectivity index (χ4v) is 4.26. The number of benzene rings is 2. The van der Waals surface area contributed by atoms with Crippen LogP contribution in [0.5, 0.6) is 0 Å². The summed E-state index contributed by atoms with van der Waals surface area (Å²) in [5, 5.41) is 17.1. The maximum Gasteiger partial charge on any atom is 0.235 e. The lowest BCUT2D eigenvalue weighted by Gasteiger charge is -2.38. The number of rotatable bonds is 3. The van der Waals surface area contributed by atoms with E-state index in [9.17, 15) is 4.79 Å². The van der Waals surface area contributed by atoms with E-state index in [0.29, 0.717) is 5.82 Å². The Balaban J connectivity index is 1.27. The molecule has 3 aromatic rings. The van der Waals surface area contributed by atoms with Crippen molar-refractivity contribution < 1.29 is 4.79 Å². The van der Waals surface area contributed by atoms with Gasteiger partial charge < -0.3 is 5.32 Å². The number of carbonyl (C=O) groups is 1. The first-order valence-electron chi connectivity index (χ1n) is 9.21. The van der Waals surface area contributed by atoms with E-state index in [1.54, 1.807) is 0 Å². The van der Waals surface area contributed by atoms with Crippen molar-refractivity contribution in [2.45, 2.75) is 24.8 Å². The number of fused-ring (bicyclic) bond motifs is 2. The van der Waals surface area contributed by atoms with Crippen molar-refractivity contribution in [1.82, 2.24) is 25.5 Å². The summed E-state index contributed by atoms with van der Waals surface area (Å²) in [5.74, 6) is 0.764. The molecule has 27 heavy (non-hydrogen) atoms. The largest absolute Gasteiger partial charge is 0.325 e. The van der Waals surface area contributed by atoms with Crippen molar-refractivity contribution in [2.24, 2.45) is 0 Å². The number of likely N-dealkylation sites (tertiary alicyclic amines) is 1. The minimum atomic E-state index is -0.352. The van der Waals surface area contributed by atoms with E-state index in [4.69, 9.17) is 0 Å². The van der Waals surface area contributed by atoms with Crippen LogP contribution in [0.1, 0.15) is 24.0 Å². The summed E-state index contributed by atoms with van der Waals surface area (Å²) < 4.78 is 0. The molecule has 3 heterocycles. The Morgan fingerprint density at radius 2 is 1.81 bits per heavy atom. The minimum Gasteiger partial charge on any atom is -0.325 e. The van der Waals surface area contributed by atoms with Crippen LogP contribution < -0.4 is 5.32 Å². The van der Waals surface area contributed by atoms with Crippen molar-refractivity contribution in [3.63, 3.8) is 0 Å². The van der Waals surface area contributed by atoms with Gasteiger partial charge >= 0.3 is 0 Å². The Morgan fingerprint density at radius 1 is 1.04 bits per heavy atom. The van der Waals surface area contributed by atoms with Gasteiger partial charge in [-0.3, -0.25) is 9.69 Å². The summed E-state index contributed by atoms with van der Waals surface area (Å²) in [7, 11) is 0. The topological polar surface area (TPSA) is 86.8 Å². The molecule has 2 aliphatic rings. The van der Waals surface area contributed by atoms with E-state index in [1.807, 2.05) is 30.3 Å². The van der Waals surface area contributed by atoms with E-state index >= 15 is 0 Å². The Bertz CT molecular complexity index is 958. The zero-order valence-corrected chi connectivity index (χ0v) is 14.9. The third-order valence-electron chi connectivity index (χ3n) is 5.80. The molecule has 0 bridgehead atoms. The molecular formula is C20H20N6O. The quantitative estimate of drug-likeness (QED) is 0.749. The van der Waals surface area contributed by atoms with Gasteiger partial charge in [0.1, 0.15) is 0 Å². The van der Waals surface area contributed by atoms with E-state index in [1.165, 1.54) is 11.1 Å². The smallest absolute Gasteiger partial charge is 0.235 e. The SMILES string of the molecule is O=C1Nc2ccccc2C12CCN(Cc1ccc(-c3nn[nH]n3)cc1)CC2. The van der Waals surface area contributed by atoms with Crippen LogP contribution in [0, 0.1) is 0 Å². The van der Waals surface area contributed by atoms with Crippen LogP contribution in [0.2, 0.25) is 0 Å². The summed E-state index contributed by atoms with van der Waals surface area (Å²) in [5.41, 5.74) is 3.99. The maximum absolute atomic E-state index is 12.7. The molecule has 0 saturated carbocycles. The first kappa shape index (κ1) is 16.1. The molecule has 7 nitrogen and oxygen atoms in total. The van der Waals surface area contributed by atoms with Crippen molar-refractivity contribution in [1.29, 1.82) is 0 Å². The van der Waals surface area contributed by atoms with Gasteiger partial charge in [0.05, 0.1) is 5.41 Å². The zero-order valence-electron chi connectivity index (χ0n) is 14.9. The number of nitrogens with one attached hydrogen (secondary N) is 2. The molecule has 2 aromatic carbocycles. The van der Waals surface area contributed by atoms with Gasteiger partial charge in [0.25, 0.3) is 0 Å². The summed E-state index contributed by atoms with van der Waals surface area (Å²) in [4.78, 5) is 15.1. The van der Waals surface area contributed by atoms with Gasteiger partial charge in [-0.15, -0.1) is 10.2 Å². The van der Waals surface area contributed by atoms with E-state index < -0.39 is 0 Å². The van der Waals surface area contributed by atoms with Crippen LogP contribution in [0.4, 0.5) is 5.69 Å². The van der Waals surface area contributed by atoms with Crippen LogP contribution in [0.25, 0.3) is 11.4 Å². The Labute approximate surface area is 156 Å². The lowest BCUT2D eigenvalue weighted by Crippen LogP contribution is -2.46. The number of para-hydroxylation sites is 1. The molecule has 2 aliphatic heterocycles. The number of H-pyrrole nitrogens is 1. The van der Waals surface area contributed by atoms with Crippen LogP contribution in [-0.4, -0.2) is 44.5 Å². The predicted molar refractivity (Wildman–Crippen MR) is 101 cm³/mol. The number of amides is 1. The highest BCUT2D eigenvalue weighted by Gasteiger charge is 2.48. The number of nitrogens with zero attached hydrogens (tertiary/aromatic N) is 4. The van der Waals surface area contributed by atoms with Gasteiger partial charge in [-0.2, -0.15) is 5.21 Å². The average Bonchev–Trinajstić information content (AvgIpc) is 3.32. The molecule has 7 heteroatoms. The van der Waals surface area contributed by atoms with Gasteiger partial charge in [-0.05, 0) is 48.3 Å². The molecule has 136 valence electrons. The number of hydrogen-bond donors (Lipinski definition) is 2. The van der Waals surface area contributed by atoms with Gasteiger partial charge in [0, 0.05) is 17.8 Å². The molecule has 1 amide bonds. The number of anilines is 1. The van der Waals surface area contributed by atoms with Crippen molar-refractivity contribution in [2.75, 3.05) is 18.4 Å². The van der Waals surface area contributed by atoms with Crippen LogP contribution in [-0.2, 0) is 16.8 Å². The summed E-state index contributed by atoms with van der Waals surface area (Å²) in [6, 6.07) is 16.4. The fourth-order valence-electron chi connectivity index (χ4n) is 4.26. The lowest BCUT2D eigenvalue weighted by atomic mass is 9.73. The van der Waals surface area contributed by atoms with E-state index in [2.05, 4.69) is 49.0 Å². The fraction of sp³-hybridized carbons (Fsp3) is 0.300. The highest BCUT2D eigenvalue weighted by atomic mass is 16.2. The molecular weight excluding hydrogens is 340 g/mol. The molecule has 0 atom stereocenters. The Morgan fingerprint density at radius 3 is 2.56 bits per heavy atom. The van der Waals surface area contributed by atoms with Gasteiger partial charge in [0.2, 0.25) is 11.7 Å². The van der Waals surface area contributed by atoms with Crippen LogP contribution in [0.15, 0.2) is 48.5 Å². The molecule has 1 spiro atoms. The number of piperidine rings is 1. The summed E-state index contributed by atoms with van der Waals surface area (Å²) >= 11 is 0. The van der Waals surface area contributed by atoms with Crippen LogP contribution in [0.3, 0.4) is 0 Å². The molecule has 1 aromatic heterocycles. The normalized spacial score (nSPS) is 18.4. The average molecular weight is 360 g/mol. The highest BCUT2D eigenvalue weighted by molar-refractivity contribution is 6.06. The number of aromatic amines is 1. The van der Waals surface area contributed by atoms with Crippen molar-refractivity contribution in [3.8, 4) is 11.4 Å². The number of aromatic nitrogens is 4. The number of hydrogen-bond acceptors (Lipinski definition) is 5. The summed E-state index contributed by atoms with van der Waals surface area (Å²) in [6.45, 7) is 2.70. The second-order valence-corrected chi connectivity index (χ2v) is 7.29. The second kappa shape index (κ2) is 6.28.